The lowest BCUT2D eigenvalue weighted by molar-refractivity contribution is -0.110. The number of hydroxylamine groups is 1. The first-order valence-corrected chi connectivity index (χ1v) is 3.16. The first-order valence-electron chi connectivity index (χ1n) is 3.16. The molecule has 1 aliphatic carbocycles. The fraction of sp³-hybridized carbons (Fsp3) is 1.00. The summed E-state index contributed by atoms with van der Waals surface area (Å²) in [6.07, 6.45) is 0.394. The van der Waals surface area contributed by atoms with Crippen LogP contribution >= 0.6 is 0 Å². The average Bonchev–Trinajstić information content (AvgIpc) is 1.82. The lowest BCUT2D eigenvalue weighted by Crippen LogP contribution is -2.59. The molecule has 0 aromatic rings. The maximum atomic E-state index is 9.13. The van der Waals surface area contributed by atoms with Gasteiger partial charge in [-0.25, -0.2) is 5.48 Å². The summed E-state index contributed by atoms with van der Waals surface area (Å²) >= 11 is 0. The molecule has 0 aromatic carbocycles. The van der Waals surface area contributed by atoms with Crippen LogP contribution in [0.5, 0.6) is 0 Å². The highest BCUT2D eigenvalue weighted by molar-refractivity contribution is 4.99. The van der Waals surface area contributed by atoms with Crippen LogP contribution in [0.1, 0.15) is 20.3 Å². The molecule has 1 aliphatic rings. The molecule has 3 N–H and O–H groups in total. The van der Waals surface area contributed by atoms with E-state index in [1.165, 1.54) is 0 Å². The smallest absolute Gasteiger partial charge is 0.0622 e. The number of hydrogen-bond donors (Lipinski definition) is 3. The van der Waals surface area contributed by atoms with Crippen LogP contribution in [0.2, 0.25) is 0 Å². The molecule has 0 heterocycles. The summed E-state index contributed by atoms with van der Waals surface area (Å²) in [6.45, 7) is 3.85. The topological polar surface area (TPSA) is 52.5 Å². The van der Waals surface area contributed by atoms with Crippen molar-refractivity contribution in [3.8, 4) is 0 Å². The van der Waals surface area contributed by atoms with Gasteiger partial charge in [-0.05, 0) is 6.42 Å². The Morgan fingerprint density at radius 1 is 1.56 bits per heavy atom. The molecular weight excluding hydrogens is 118 g/mol. The second kappa shape index (κ2) is 1.94. The largest absolute Gasteiger partial charge is 0.392 e. The van der Waals surface area contributed by atoms with E-state index in [1.807, 2.05) is 13.8 Å². The normalized spacial score (nSPS) is 40.0. The second-order valence-corrected chi connectivity index (χ2v) is 3.25. The molecule has 0 saturated heterocycles. The summed E-state index contributed by atoms with van der Waals surface area (Å²) < 4.78 is 0. The van der Waals surface area contributed by atoms with Gasteiger partial charge in [-0.15, -0.1) is 0 Å². The molecular formula is C6H13NO2. The maximum absolute atomic E-state index is 9.13. The summed E-state index contributed by atoms with van der Waals surface area (Å²) in [4.78, 5) is 0. The predicted octanol–water partition coefficient (Wildman–Crippen LogP) is 0.125. The van der Waals surface area contributed by atoms with Gasteiger partial charge in [0.15, 0.2) is 0 Å². The van der Waals surface area contributed by atoms with Gasteiger partial charge in [-0.1, -0.05) is 13.8 Å². The molecule has 0 bridgehead atoms. The van der Waals surface area contributed by atoms with E-state index in [4.69, 9.17) is 10.3 Å². The van der Waals surface area contributed by atoms with Crippen LogP contribution in [0.4, 0.5) is 0 Å². The summed E-state index contributed by atoms with van der Waals surface area (Å²) in [5.74, 6) is 0. The molecule has 3 heteroatoms. The number of aliphatic hydroxyl groups is 1. The van der Waals surface area contributed by atoms with Gasteiger partial charge < -0.3 is 10.3 Å². The van der Waals surface area contributed by atoms with Crippen molar-refractivity contribution >= 4 is 0 Å². The van der Waals surface area contributed by atoms with Crippen LogP contribution < -0.4 is 5.48 Å². The third kappa shape index (κ3) is 0.852. The highest BCUT2D eigenvalue weighted by Crippen LogP contribution is 2.39. The van der Waals surface area contributed by atoms with E-state index in [0.29, 0.717) is 6.42 Å². The van der Waals surface area contributed by atoms with E-state index in [9.17, 15) is 0 Å². The molecule has 0 aromatic heterocycles. The Morgan fingerprint density at radius 3 is 2.22 bits per heavy atom. The first kappa shape index (κ1) is 6.99. The molecule has 9 heavy (non-hydrogen) atoms. The van der Waals surface area contributed by atoms with Crippen molar-refractivity contribution in [2.24, 2.45) is 5.41 Å². The van der Waals surface area contributed by atoms with Crippen LogP contribution in [0.15, 0.2) is 0 Å². The van der Waals surface area contributed by atoms with Crippen molar-refractivity contribution in [3.05, 3.63) is 0 Å². The molecule has 1 fully saturated rings. The van der Waals surface area contributed by atoms with Crippen molar-refractivity contribution < 1.29 is 10.3 Å². The standard InChI is InChI=1S/C6H13NO2/c1-6(2)4(7-9)3-5(6)8/h4-5,7-9H,3H2,1-2H3. The van der Waals surface area contributed by atoms with E-state index in [1.54, 1.807) is 0 Å². The third-order valence-electron chi connectivity index (χ3n) is 2.37. The summed E-state index contributed by atoms with van der Waals surface area (Å²) in [5, 5.41) is 17.6. The average molecular weight is 131 g/mol. The van der Waals surface area contributed by atoms with Crippen LogP contribution in [-0.2, 0) is 0 Å². The van der Waals surface area contributed by atoms with Gasteiger partial charge in [0.2, 0.25) is 0 Å². The van der Waals surface area contributed by atoms with Gasteiger partial charge in [0.05, 0.1) is 6.10 Å². The van der Waals surface area contributed by atoms with Crippen LogP contribution in [0.25, 0.3) is 0 Å². The Labute approximate surface area is 54.7 Å². The Morgan fingerprint density at radius 2 is 2.11 bits per heavy atom. The lowest BCUT2D eigenvalue weighted by Gasteiger charge is -2.48. The highest BCUT2D eigenvalue weighted by atomic mass is 16.5. The molecule has 0 spiro atoms. The molecule has 0 radical (unpaired) electrons. The van der Waals surface area contributed by atoms with E-state index in [0.717, 1.165) is 0 Å². The van der Waals surface area contributed by atoms with Crippen molar-refractivity contribution in [2.75, 3.05) is 0 Å². The number of nitrogens with one attached hydrogen (secondary N) is 1. The summed E-state index contributed by atoms with van der Waals surface area (Å²) in [5.41, 5.74) is 2.00. The van der Waals surface area contributed by atoms with Crippen LogP contribution in [-0.4, -0.2) is 22.5 Å². The zero-order chi connectivity index (χ0) is 7.07. The highest BCUT2D eigenvalue weighted by Gasteiger charge is 2.46. The van der Waals surface area contributed by atoms with E-state index >= 15 is 0 Å². The first-order chi connectivity index (χ1) is 4.09. The van der Waals surface area contributed by atoms with E-state index < -0.39 is 0 Å². The van der Waals surface area contributed by atoms with Gasteiger partial charge >= 0.3 is 0 Å². The lowest BCUT2D eigenvalue weighted by atomic mass is 9.65. The van der Waals surface area contributed by atoms with Gasteiger partial charge in [-0.2, -0.15) is 0 Å². The molecule has 2 unspecified atom stereocenters. The number of aliphatic hydroxyl groups excluding tert-OH is 1. The molecule has 2 atom stereocenters. The summed E-state index contributed by atoms with van der Waals surface area (Å²) in [6, 6.07) is 0.0625. The van der Waals surface area contributed by atoms with E-state index in [-0.39, 0.29) is 17.6 Å². The van der Waals surface area contributed by atoms with Crippen LogP contribution in [0.3, 0.4) is 0 Å². The molecule has 0 aliphatic heterocycles. The predicted molar refractivity (Wildman–Crippen MR) is 33.1 cm³/mol. The molecule has 1 rings (SSSR count). The van der Waals surface area contributed by atoms with Crippen molar-refractivity contribution in [1.82, 2.24) is 5.48 Å². The van der Waals surface area contributed by atoms with Gasteiger partial charge in [0, 0.05) is 11.5 Å². The zero-order valence-corrected chi connectivity index (χ0v) is 5.76. The van der Waals surface area contributed by atoms with Gasteiger partial charge in [0.1, 0.15) is 0 Å². The monoisotopic (exact) mass is 131 g/mol. The van der Waals surface area contributed by atoms with Crippen LogP contribution in [0, 0.1) is 5.41 Å². The van der Waals surface area contributed by atoms with Gasteiger partial charge in [-0.3, -0.25) is 0 Å². The Hall–Kier alpha value is -0.120. The Bertz CT molecular complexity index is 114. The fourth-order valence-electron chi connectivity index (χ4n) is 1.12. The molecule has 3 nitrogen and oxygen atoms in total. The quantitative estimate of drug-likeness (QED) is 0.443. The molecule has 54 valence electrons. The fourth-order valence-corrected chi connectivity index (χ4v) is 1.12. The third-order valence-corrected chi connectivity index (χ3v) is 2.37. The number of hydrogen-bond acceptors (Lipinski definition) is 3. The molecule has 0 amide bonds. The molecule has 1 saturated carbocycles. The number of rotatable bonds is 1. The van der Waals surface area contributed by atoms with Crippen molar-refractivity contribution in [2.45, 2.75) is 32.4 Å². The minimum atomic E-state index is -0.262. The summed E-state index contributed by atoms with van der Waals surface area (Å²) in [7, 11) is 0. The van der Waals surface area contributed by atoms with Gasteiger partial charge in [0.25, 0.3) is 0 Å². The van der Waals surface area contributed by atoms with E-state index in [2.05, 4.69) is 5.48 Å². The van der Waals surface area contributed by atoms with Crippen molar-refractivity contribution in [1.29, 1.82) is 0 Å². The Balaban J connectivity index is 2.48. The second-order valence-electron chi connectivity index (χ2n) is 3.25. The zero-order valence-electron chi connectivity index (χ0n) is 5.76. The Kier molecular flexibility index (Phi) is 1.50. The SMILES string of the molecule is CC1(C)C(O)CC1NO. The minimum absolute atomic E-state index is 0.0625. The van der Waals surface area contributed by atoms with Crippen molar-refractivity contribution in [3.63, 3.8) is 0 Å². The minimum Gasteiger partial charge on any atom is -0.392 e. The maximum Gasteiger partial charge on any atom is 0.0622 e.